The smallest absolute Gasteiger partial charge is 0.106 e. The van der Waals surface area contributed by atoms with E-state index in [1.807, 2.05) is 0 Å². The van der Waals surface area contributed by atoms with Crippen molar-refractivity contribution < 1.29 is 0 Å². The molecular formula is C15H36Al2. The Labute approximate surface area is 120 Å². The molecule has 0 radical (unpaired) electrons. The zero-order chi connectivity index (χ0) is 13.5. The summed E-state index contributed by atoms with van der Waals surface area (Å²) in [4.78, 5) is 0. The molecule has 2 heteroatoms. The monoisotopic (exact) mass is 270 g/mol. The third-order valence-electron chi connectivity index (χ3n) is 3.24. The Bertz CT molecular complexity index is 116. The van der Waals surface area contributed by atoms with Crippen LogP contribution in [0.4, 0.5) is 0 Å². The predicted molar refractivity (Wildman–Crippen MR) is 88.2 cm³/mol. The van der Waals surface area contributed by atoms with Crippen molar-refractivity contribution in [2.24, 2.45) is 0 Å². The molecule has 0 amide bonds. The van der Waals surface area contributed by atoms with Gasteiger partial charge in [-0.05, 0) is 0 Å². The highest BCUT2D eigenvalue weighted by Gasteiger charge is 2.06. The van der Waals surface area contributed by atoms with Crippen LogP contribution in [0.2, 0.25) is 33.2 Å². The fraction of sp³-hybridized carbons (Fsp3) is 1.00. The first-order valence-electron chi connectivity index (χ1n) is 8.08. The minimum Gasteiger partial charge on any atom is -0.106 e. The van der Waals surface area contributed by atoms with Crippen LogP contribution in [0.5, 0.6) is 0 Å². The summed E-state index contributed by atoms with van der Waals surface area (Å²) in [6, 6.07) is 0. The second kappa shape index (κ2) is 17.1. The summed E-state index contributed by atoms with van der Waals surface area (Å²) in [5.74, 6) is 7.34. The first-order valence-corrected chi connectivity index (χ1v) is 14.0. The van der Waals surface area contributed by atoms with Crippen LogP contribution < -0.4 is 0 Å². The van der Waals surface area contributed by atoms with E-state index in [2.05, 4.69) is 38.1 Å². The summed E-state index contributed by atoms with van der Waals surface area (Å²) in [5.41, 5.74) is 0. The summed E-state index contributed by atoms with van der Waals surface area (Å²) < 4.78 is 0. The normalized spacial score (nSPS) is 9.53. The van der Waals surface area contributed by atoms with Crippen LogP contribution in [0.1, 0.15) is 59.3 Å². The summed E-state index contributed by atoms with van der Waals surface area (Å²) in [7, 11) is 0. The molecule has 0 nitrogen and oxygen atoms in total. The molecule has 0 fully saturated rings. The molecule has 0 atom stereocenters. The average Bonchev–Trinajstić information content (AvgIpc) is 2.31. The SMILES string of the molecule is CCC[CH2][Al]([CH3])[CH2]CCC.CCC[CH2][Al]([CH3])[CH3]. The fourth-order valence-electron chi connectivity index (χ4n) is 1.86. The molecular weight excluding hydrogens is 234 g/mol. The van der Waals surface area contributed by atoms with Gasteiger partial charge in [0.2, 0.25) is 0 Å². The van der Waals surface area contributed by atoms with Crippen molar-refractivity contribution in [3.63, 3.8) is 0 Å². The number of unbranched alkanes of at least 4 members (excludes halogenated alkanes) is 3. The molecule has 0 saturated carbocycles. The van der Waals surface area contributed by atoms with Crippen LogP contribution in [-0.4, -0.2) is 28.3 Å². The molecule has 17 heavy (non-hydrogen) atoms. The molecule has 0 aromatic rings. The highest BCUT2D eigenvalue weighted by molar-refractivity contribution is 6.57. The fourth-order valence-corrected chi connectivity index (χ4v) is 5.59. The Morgan fingerprint density at radius 1 is 0.588 bits per heavy atom. The maximum absolute atomic E-state index is 2.52. The molecule has 102 valence electrons. The van der Waals surface area contributed by atoms with Crippen molar-refractivity contribution >= 4 is 28.3 Å². The van der Waals surface area contributed by atoms with E-state index in [-0.39, 0.29) is 28.3 Å². The van der Waals surface area contributed by atoms with Gasteiger partial charge in [0, 0.05) is 0 Å². The topological polar surface area (TPSA) is 0 Å². The van der Waals surface area contributed by atoms with Gasteiger partial charge in [0.15, 0.2) is 0 Å². The quantitative estimate of drug-likeness (QED) is 0.434. The lowest BCUT2D eigenvalue weighted by atomic mass is 10.4. The average molecular weight is 270 g/mol. The van der Waals surface area contributed by atoms with E-state index in [1.165, 1.54) is 43.8 Å². The van der Waals surface area contributed by atoms with Crippen LogP contribution in [0, 0.1) is 0 Å². The van der Waals surface area contributed by atoms with E-state index >= 15 is 0 Å². The van der Waals surface area contributed by atoms with Gasteiger partial charge in [0.25, 0.3) is 28.3 Å². The maximum atomic E-state index is 2.52. The van der Waals surface area contributed by atoms with E-state index in [0.717, 1.165) is 0 Å². The molecule has 0 aliphatic heterocycles. The molecule has 0 heterocycles. The second-order valence-electron chi connectivity index (χ2n) is 5.93. The first kappa shape index (κ1) is 20.4. The molecule has 0 aromatic carbocycles. The van der Waals surface area contributed by atoms with Crippen molar-refractivity contribution in [3.8, 4) is 0 Å². The van der Waals surface area contributed by atoms with Gasteiger partial charge in [-0.3, -0.25) is 0 Å². The zero-order valence-corrected chi connectivity index (χ0v) is 15.8. The lowest BCUT2D eigenvalue weighted by Gasteiger charge is -2.02. The minimum absolute atomic E-state index is 0.188. The number of hydrogen-bond acceptors (Lipinski definition) is 0. The third kappa shape index (κ3) is 22.7. The van der Waals surface area contributed by atoms with Crippen molar-refractivity contribution in [2.45, 2.75) is 92.5 Å². The Balaban J connectivity index is 0. The van der Waals surface area contributed by atoms with Crippen LogP contribution in [0.15, 0.2) is 0 Å². The van der Waals surface area contributed by atoms with Gasteiger partial charge in [0.1, 0.15) is 0 Å². The molecule has 0 N–H and O–H groups in total. The van der Waals surface area contributed by atoms with Crippen LogP contribution in [0.25, 0.3) is 0 Å². The summed E-state index contributed by atoms with van der Waals surface area (Å²) in [5, 5.41) is 4.70. The lowest BCUT2D eigenvalue weighted by Crippen LogP contribution is -2.04. The molecule has 0 saturated heterocycles. The molecule has 0 rings (SSSR count). The van der Waals surface area contributed by atoms with Gasteiger partial charge in [-0.25, -0.2) is 0 Å². The lowest BCUT2D eigenvalue weighted by molar-refractivity contribution is 0.842. The van der Waals surface area contributed by atoms with Crippen molar-refractivity contribution in [3.05, 3.63) is 0 Å². The highest BCUT2D eigenvalue weighted by Crippen LogP contribution is 2.08. The molecule has 0 aromatic heterocycles. The molecule has 0 aliphatic rings. The molecule has 0 aliphatic carbocycles. The van der Waals surface area contributed by atoms with Gasteiger partial charge in [-0.15, -0.1) is 17.4 Å². The van der Waals surface area contributed by atoms with Gasteiger partial charge in [-0.2, -0.15) is 0 Å². The van der Waals surface area contributed by atoms with Gasteiger partial charge < -0.3 is 0 Å². The summed E-state index contributed by atoms with van der Waals surface area (Å²) in [6.45, 7) is 6.85. The van der Waals surface area contributed by atoms with E-state index in [4.69, 9.17) is 0 Å². The van der Waals surface area contributed by atoms with E-state index in [0.29, 0.717) is 0 Å². The number of rotatable bonds is 9. The number of hydrogen-bond donors (Lipinski definition) is 0. The Kier molecular flexibility index (Phi) is 20.5. The molecule has 0 bridgehead atoms. The summed E-state index contributed by atoms with van der Waals surface area (Å²) >= 11 is -0.426. The Hall–Kier alpha value is 1.06. The predicted octanol–water partition coefficient (Wildman–Crippen LogP) is 6.25. The van der Waals surface area contributed by atoms with Crippen molar-refractivity contribution in [1.29, 1.82) is 0 Å². The van der Waals surface area contributed by atoms with E-state index in [9.17, 15) is 0 Å². The van der Waals surface area contributed by atoms with Gasteiger partial charge in [0.05, 0.1) is 0 Å². The summed E-state index contributed by atoms with van der Waals surface area (Å²) in [6.07, 6.45) is 8.59. The van der Waals surface area contributed by atoms with Crippen LogP contribution in [0.3, 0.4) is 0 Å². The standard InChI is InChI=1S/3C4H9.3CH3.2Al/c3*1-3-4-2;;;;;/h3*1,3-4H2,2H3;3*1H3;;. The van der Waals surface area contributed by atoms with Crippen molar-refractivity contribution in [2.75, 3.05) is 0 Å². The molecule has 0 unspecified atom stereocenters. The third-order valence-corrected chi connectivity index (χ3v) is 7.59. The van der Waals surface area contributed by atoms with Crippen LogP contribution in [-0.2, 0) is 0 Å². The van der Waals surface area contributed by atoms with E-state index < -0.39 is 0 Å². The first-order chi connectivity index (χ1) is 8.08. The van der Waals surface area contributed by atoms with Gasteiger partial charge >= 0.3 is 0 Å². The Morgan fingerprint density at radius 2 is 0.941 bits per heavy atom. The Morgan fingerprint density at radius 3 is 1.18 bits per heavy atom. The van der Waals surface area contributed by atoms with Crippen molar-refractivity contribution in [1.82, 2.24) is 0 Å². The van der Waals surface area contributed by atoms with Crippen LogP contribution >= 0.6 is 0 Å². The largest absolute Gasteiger partial charge is 0.258 e. The zero-order valence-electron chi connectivity index (χ0n) is 13.5. The second-order valence-corrected chi connectivity index (χ2v) is 12.7. The molecule has 0 spiro atoms. The van der Waals surface area contributed by atoms with Gasteiger partial charge in [-0.1, -0.05) is 75.1 Å². The van der Waals surface area contributed by atoms with E-state index in [1.54, 1.807) is 10.6 Å². The highest BCUT2D eigenvalue weighted by atomic mass is 27.2. The minimum atomic E-state index is -0.237. The maximum Gasteiger partial charge on any atom is 0.258 e.